The van der Waals surface area contributed by atoms with Crippen molar-refractivity contribution in [2.45, 2.75) is 19.4 Å². The fraction of sp³-hybridized carbons (Fsp3) is 0.375. The maximum Gasteiger partial charge on any atom is 0.162 e. The molecule has 1 aromatic carbocycles. The zero-order valence-electron chi connectivity index (χ0n) is 12.1. The third-order valence-electron chi connectivity index (χ3n) is 3.67. The van der Waals surface area contributed by atoms with Gasteiger partial charge in [-0.15, -0.1) is 0 Å². The van der Waals surface area contributed by atoms with Crippen LogP contribution in [-0.2, 0) is 6.42 Å². The van der Waals surface area contributed by atoms with Gasteiger partial charge >= 0.3 is 0 Å². The molecule has 1 aliphatic heterocycles. The van der Waals surface area contributed by atoms with Crippen LogP contribution in [0.4, 0.5) is 0 Å². The van der Waals surface area contributed by atoms with E-state index in [0.717, 1.165) is 29.1 Å². The van der Waals surface area contributed by atoms with Crippen molar-refractivity contribution in [2.75, 3.05) is 20.3 Å². The molecule has 0 aliphatic carbocycles. The normalized spacial score (nSPS) is 15.0. The molecule has 0 bridgehead atoms. The summed E-state index contributed by atoms with van der Waals surface area (Å²) in [5.41, 5.74) is 2.05. The molecule has 2 aromatic rings. The van der Waals surface area contributed by atoms with Crippen LogP contribution in [0.15, 0.2) is 28.9 Å². The van der Waals surface area contributed by atoms with Crippen LogP contribution in [0, 0.1) is 0 Å². The van der Waals surface area contributed by atoms with Crippen LogP contribution in [0.25, 0.3) is 0 Å². The lowest BCUT2D eigenvalue weighted by atomic mass is 9.97. The number of fused-ring (bicyclic) bond motifs is 1. The Morgan fingerprint density at radius 2 is 1.90 bits per heavy atom. The number of rotatable bonds is 4. The second-order valence-electron chi connectivity index (χ2n) is 4.89. The third kappa shape index (κ3) is 2.61. The van der Waals surface area contributed by atoms with Crippen molar-refractivity contribution in [3.05, 3.63) is 46.4 Å². The zero-order chi connectivity index (χ0) is 14.8. The Kier molecular flexibility index (Phi) is 4.08. The molecule has 0 saturated carbocycles. The molecular formula is C16H18ClNO3. The lowest BCUT2D eigenvalue weighted by Crippen LogP contribution is -2.20. The van der Waals surface area contributed by atoms with Crippen molar-refractivity contribution in [1.82, 2.24) is 5.32 Å². The highest BCUT2D eigenvalue weighted by Gasteiger charge is 2.23. The quantitative estimate of drug-likeness (QED) is 0.937. The largest absolute Gasteiger partial charge is 0.486 e. The Morgan fingerprint density at radius 1 is 1.19 bits per heavy atom. The van der Waals surface area contributed by atoms with Gasteiger partial charge < -0.3 is 19.2 Å². The number of hydrogen-bond acceptors (Lipinski definition) is 4. The van der Waals surface area contributed by atoms with E-state index in [9.17, 15) is 0 Å². The maximum absolute atomic E-state index is 6.44. The molecule has 1 unspecified atom stereocenters. The molecule has 2 heterocycles. The summed E-state index contributed by atoms with van der Waals surface area (Å²) in [5, 5.41) is 3.96. The summed E-state index contributed by atoms with van der Waals surface area (Å²) < 4.78 is 16.7. The number of halogens is 1. The van der Waals surface area contributed by atoms with Gasteiger partial charge in [-0.25, -0.2) is 0 Å². The van der Waals surface area contributed by atoms with Crippen molar-refractivity contribution >= 4 is 11.6 Å². The first-order chi connectivity index (χ1) is 10.2. The van der Waals surface area contributed by atoms with Crippen LogP contribution in [0.3, 0.4) is 0 Å². The Bertz CT molecular complexity index is 638. The molecule has 0 fully saturated rings. The van der Waals surface area contributed by atoms with Crippen LogP contribution >= 0.6 is 11.6 Å². The van der Waals surface area contributed by atoms with Crippen molar-refractivity contribution in [3.8, 4) is 11.5 Å². The van der Waals surface area contributed by atoms with E-state index in [1.54, 1.807) is 6.26 Å². The molecular weight excluding hydrogens is 290 g/mol. The van der Waals surface area contributed by atoms with Crippen molar-refractivity contribution in [1.29, 1.82) is 0 Å². The van der Waals surface area contributed by atoms with Crippen LogP contribution in [0.5, 0.6) is 11.5 Å². The molecule has 0 spiro atoms. The van der Waals surface area contributed by atoms with Crippen LogP contribution in [0.2, 0.25) is 5.02 Å². The van der Waals surface area contributed by atoms with E-state index in [2.05, 4.69) is 12.2 Å². The SMILES string of the molecule is CCc1occc1C(NC)c1cc2c(cc1Cl)OCCO2. The fourth-order valence-corrected chi connectivity index (χ4v) is 2.94. The smallest absolute Gasteiger partial charge is 0.162 e. The van der Waals surface area contributed by atoms with Gasteiger partial charge in [-0.05, 0) is 24.7 Å². The van der Waals surface area contributed by atoms with Gasteiger partial charge in [0.15, 0.2) is 11.5 Å². The fourth-order valence-electron chi connectivity index (χ4n) is 2.67. The highest BCUT2D eigenvalue weighted by molar-refractivity contribution is 6.31. The van der Waals surface area contributed by atoms with E-state index in [1.807, 2.05) is 25.2 Å². The number of furan rings is 1. The Morgan fingerprint density at radius 3 is 2.57 bits per heavy atom. The average molecular weight is 308 g/mol. The highest BCUT2D eigenvalue weighted by Crippen LogP contribution is 2.39. The van der Waals surface area contributed by atoms with Crippen molar-refractivity contribution < 1.29 is 13.9 Å². The van der Waals surface area contributed by atoms with Gasteiger partial charge in [0.25, 0.3) is 0 Å². The molecule has 1 aromatic heterocycles. The van der Waals surface area contributed by atoms with Gasteiger partial charge in [0.1, 0.15) is 19.0 Å². The van der Waals surface area contributed by atoms with E-state index in [4.69, 9.17) is 25.5 Å². The minimum Gasteiger partial charge on any atom is -0.486 e. The monoisotopic (exact) mass is 307 g/mol. The number of ether oxygens (including phenoxy) is 2. The number of hydrogen-bond donors (Lipinski definition) is 1. The molecule has 5 heteroatoms. The first-order valence-corrected chi connectivity index (χ1v) is 7.45. The minimum atomic E-state index is -0.0398. The van der Waals surface area contributed by atoms with E-state index in [1.165, 1.54) is 0 Å². The number of aryl methyl sites for hydroxylation is 1. The Balaban J connectivity index is 2.05. The van der Waals surface area contributed by atoms with Gasteiger partial charge in [0, 0.05) is 23.1 Å². The average Bonchev–Trinajstić information content (AvgIpc) is 2.97. The van der Waals surface area contributed by atoms with Gasteiger partial charge in [0.2, 0.25) is 0 Å². The van der Waals surface area contributed by atoms with Crippen molar-refractivity contribution in [2.24, 2.45) is 0 Å². The minimum absolute atomic E-state index is 0.0398. The Hall–Kier alpha value is -1.65. The molecule has 0 amide bonds. The summed E-state index contributed by atoms with van der Waals surface area (Å²) in [5.74, 6) is 2.40. The van der Waals surface area contributed by atoms with E-state index < -0.39 is 0 Å². The summed E-state index contributed by atoms with van der Waals surface area (Å²) in [7, 11) is 1.91. The van der Waals surface area contributed by atoms with Gasteiger partial charge in [-0.3, -0.25) is 0 Å². The molecule has 3 rings (SSSR count). The Labute approximate surface area is 129 Å². The van der Waals surface area contributed by atoms with E-state index >= 15 is 0 Å². The van der Waals surface area contributed by atoms with Crippen molar-refractivity contribution in [3.63, 3.8) is 0 Å². The predicted molar refractivity (Wildman–Crippen MR) is 81.4 cm³/mol. The van der Waals surface area contributed by atoms with Gasteiger partial charge in [-0.1, -0.05) is 18.5 Å². The standard InChI is InChI=1S/C16H18ClNO3/c1-3-13-10(4-5-19-13)16(18-2)11-8-14-15(9-12(11)17)21-7-6-20-14/h4-5,8-9,16,18H,3,6-7H2,1-2H3. The number of nitrogens with one attached hydrogen (secondary N) is 1. The molecule has 1 aliphatic rings. The molecule has 112 valence electrons. The summed E-state index contributed by atoms with van der Waals surface area (Å²) >= 11 is 6.44. The third-order valence-corrected chi connectivity index (χ3v) is 4.00. The van der Waals surface area contributed by atoms with Gasteiger partial charge in [0.05, 0.1) is 12.3 Å². The number of benzene rings is 1. The van der Waals surface area contributed by atoms with E-state index in [0.29, 0.717) is 24.0 Å². The summed E-state index contributed by atoms with van der Waals surface area (Å²) in [6.07, 6.45) is 2.55. The molecule has 4 nitrogen and oxygen atoms in total. The molecule has 21 heavy (non-hydrogen) atoms. The lowest BCUT2D eigenvalue weighted by molar-refractivity contribution is 0.171. The maximum atomic E-state index is 6.44. The predicted octanol–water partition coefficient (Wildman–Crippen LogP) is 3.58. The lowest BCUT2D eigenvalue weighted by Gasteiger charge is -2.23. The summed E-state index contributed by atoms with van der Waals surface area (Å²) in [6, 6.07) is 5.71. The summed E-state index contributed by atoms with van der Waals surface area (Å²) in [4.78, 5) is 0. The molecule has 1 N–H and O–H groups in total. The van der Waals surface area contributed by atoms with Gasteiger partial charge in [-0.2, -0.15) is 0 Å². The molecule has 0 saturated heterocycles. The second-order valence-corrected chi connectivity index (χ2v) is 5.30. The first-order valence-electron chi connectivity index (χ1n) is 7.07. The first kappa shape index (κ1) is 14.3. The van der Waals surface area contributed by atoms with Crippen LogP contribution in [-0.4, -0.2) is 20.3 Å². The topological polar surface area (TPSA) is 43.6 Å². The van der Waals surface area contributed by atoms with Crippen LogP contribution in [0.1, 0.15) is 29.9 Å². The molecule has 1 atom stereocenters. The van der Waals surface area contributed by atoms with Crippen LogP contribution < -0.4 is 14.8 Å². The summed E-state index contributed by atoms with van der Waals surface area (Å²) in [6.45, 7) is 3.19. The highest BCUT2D eigenvalue weighted by atomic mass is 35.5. The zero-order valence-corrected chi connectivity index (χ0v) is 12.9. The van der Waals surface area contributed by atoms with E-state index in [-0.39, 0.29) is 6.04 Å². The molecule has 0 radical (unpaired) electrons. The second kappa shape index (κ2) is 6.00.